The number of hydrogen-bond acceptors (Lipinski definition) is 6. The number of anilines is 1. The number of fused-ring (bicyclic) bond motifs is 1. The summed E-state index contributed by atoms with van der Waals surface area (Å²) < 4.78 is 1.39. The van der Waals surface area contributed by atoms with Gasteiger partial charge in [0.05, 0.1) is 5.54 Å². The molecule has 7 heteroatoms. The van der Waals surface area contributed by atoms with E-state index in [1.165, 1.54) is 4.63 Å². The Hall–Kier alpha value is -1.76. The average Bonchev–Trinajstić information content (AvgIpc) is 2.75. The van der Waals surface area contributed by atoms with Crippen LogP contribution in [-0.4, -0.2) is 37.3 Å². The number of nitrogens with two attached hydrogens (primary N) is 1. The minimum absolute atomic E-state index is 0.200. The maximum Gasteiger partial charge on any atom is 0.200 e. The standard InChI is InChI=1S/C10H17N7/c1-7(2)10(3,6-11)12-8-4-5-9-13-15-16-17(9)14-8/h4-5,7H,6,11H2,1-3H3,(H,12,14). The van der Waals surface area contributed by atoms with Gasteiger partial charge in [-0.1, -0.05) is 13.8 Å². The van der Waals surface area contributed by atoms with Crippen molar-refractivity contribution in [3.05, 3.63) is 12.1 Å². The third-order valence-electron chi connectivity index (χ3n) is 3.18. The zero-order valence-electron chi connectivity index (χ0n) is 10.3. The molecule has 92 valence electrons. The van der Waals surface area contributed by atoms with Crippen LogP contribution < -0.4 is 11.1 Å². The first-order chi connectivity index (χ1) is 8.05. The Labute approximate surface area is 99.4 Å². The van der Waals surface area contributed by atoms with Crippen LogP contribution in [0.3, 0.4) is 0 Å². The number of nitrogens with zero attached hydrogens (tertiary/aromatic N) is 5. The Balaban J connectivity index is 2.28. The molecular weight excluding hydrogens is 218 g/mol. The third-order valence-corrected chi connectivity index (χ3v) is 3.18. The van der Waals surface area contributed by atoms with Crippen molar-refractivity contribution < 1.29 is 0 Å². The maximum absolute atomic E-state index is 5.81. The van der Waals surface area contributed by atoms with E-state index in [4.69, 9.17) is 5.73 Å². The fraction of sp³-hybridized carbons (Fsp3) is 0.600. The molecule has 3 N–H and O–H groups in total. The van der Waals surface area contributed by atoms with Crippen molar-refractivity contribution in [1.82, 2.24) is 25.3 Å². The molecule has 2 rings (SSSR count). The summed E-state index contributed by atoms with van der Waals surface area (Å²) in [6.07, 6.45) is 0. The van der Waals surface area contributed by atoms with Gasteiger partial charge in [-0.2, -0.15) is 0 Å². The van der Waals surface area contributed by atoms with E-state index < -0.39 is 0 Å². The molecule has 0 aliphatic carbocycles. The monoisotopic (exact) mass is 235 g/mol. The van der Waals surface area contributed by atoms with Crippen LogP contribution in [0.1, 0.15) is 20.8 Å². The van der Waals surface area contributed by atoms with Gasteiger partial charge in [0.2, 0.25) is 0 Å². The molecule has 0 fully saturated rings. The Kier molecular flexibility index (Phi) is 2.93. The highest BCUT2D eigenvalue weighted by atomic mass is 15.6. The fourth-order valence-electron chi connectivity index (χ4n) is 1.44. The van der Waals surface area contributed by atoms with E-state index in [2.05, 4.69) is 46.7 Å². The van der Waals surface area contributed by atoms with Gasteiger partial charge in [0.25, 0.3) is 0 Å². The molecule has 0 aliphatic heterocycles. The van der Waals surface area contributed by atoms with Gasteiger partial charge in [-0.25, -0.2) is 0 Å². The Bertz CT molecular complexity index is 506. The smallest absolute Gasteiger partial charge is 0.200 e. The quantitative estimate of drug-likeness (QED) is 0.791. The van der Waals surface area contributed by atoms with Crippen LogP contribution in [0.5, 0.6) is 0 Å². The summed E-state index contributed by atoms with van der Waals surface area (Å²) in [4.78, 5) is 0. The normalized spacial score (nSPS) is 15.1. The largest absolute Gasteiger partial charge is 0.362 e. The number of hydrogen-bond donors (Lipinski definition) is 2. The maximum atomic E-state index is 5.81. The molecule has 1 unspecified atom stereocenters. The van der Waals surface area contributed by atoms with Crippen molar-refractivity contribution in [2.24, 2.45) is 11.7 Å². The first-order valence-corrected chi connectivity index (χ1v) is 5.59. The van der Waals surface area contributed by atoms with E-state index in [9.17, 15) is 0 Å². The lowest BCUT2D eigenvalue weighted by atomic mass is 9.88. The predicted molar refractivity (Wildman–Crippen MR) is 64.5 cm³/mol. The minimum Gasteiger partial charge on any atom is -0.362 e. The molecule has 2 aromatic rings. The molecule has 0 saturated heterocycles. The SMILES string of the molecule is CC(C)C(C)(CN)Nc1ccc2nnnn2n1. The van der Waals surface area contributed by atoms with Crippen LogP contribution in [0, 0.1) is 5.92 Å². The summed E-state index contributed by atoms with van der Waals surface area (Å²) in [5.74, 6) is 1.10. The number of rotatable bonds is 4. The lowest BCUT2D eigenvalue weighted by molar-refractivity contribution is 0.380. The van der Waals surface area contributed by atoms with Gasteiger partial charge in [0.1, 0.15) is 5.82 Å². The third kappa shape index (κ3) is 2.19. The van der Waals surface area contributed by atoms with Crippen LogP contribution in [0.2, 0.25) is 0 Å². The molecule has 7 nitrogen and oxygen atoms in total. The molecule has 0 saturated carbocycles. The van der Waals surface area contributed by atoms with Crippen molar-refractivity contribution in [3.8, 4) is 0 Å². The molecule has 2 heterocycles. The number of tetrazole rings is 1. The van der Waals surface area contributed by atoms with Gasteiger partial charge in [-0.05, 0) is 35.4 Å². The summed E-state index contributed by atoms with van der Waals surface area (Å²) in [5, 5.41) is 18.7. The number of aromatic nitrogens is 5. The first kappa shape index (κ1) is 11.7. The van der Waals surface area contributed by atoms with Gasteiger partial charge in [-0.15, -0.1) is 14.8 Å². The highest BCUT2D eigenvalue weighted by molar-refractivity contribution is 5.43. The molecule has 1 atom stereocenters. The second kappa shape index (κ2) is 4.25. The lowest BCUT2D eigenvalue weighted by Crippen LogP contribution is -2.47. The van der Waals surface area contributed by atoms with E-state index in [0.717, 1.165) is 0 Å². The molecule has 0 aliphatic rings. The Morgan fingerprint density at radius 3 is 2.88 bits per heavy atom. The highest BCUT2D eigenvalue weighted by Crippen LogP contribution is 2.20. The predicted octanol–water partition coefficient (Wildman–Crippen LogP) is 0.305. The van der Waals surface area contributed by atoms with E-state index in [0.29, 0.717) is 23.9 Å². The second-order valence-electron chi connectivity index (χ2n) is 4.65. The molecule has 2 aromatic heterocycles. The van der Waals surface area contributed by atoms with Crippen LogP contribution in [-0.2, 0) is 0 Å². The van der Waals surface area contributed by atoms with Crippen LogP contribution in [0.25, 0.3) is 5.65 Å². The first-order valence-electron chi connectivity index (χ1n) is 5.59. The van der Waals surface area contributed by atoms with Crippen LogP contribution in [0.4, 0.5) is 5.82 Å². The van der Waals surface area contributed by atoms with E-state index in [-0.39, 0.29) is 5.54 Å². The summed E-state index contributed by atoms with van der Waals surface area (Å²) in [5.41, 5.74) is 6.23. The van der Waals surface area contributed by atoms with Crippen molar-refractivity contribution in [1.29, 1.82) is 0 Å². The van der Waals surface area contributed by atoms with Crippen molar-refractivity contribution in [2.75, 3.05) is 11.9 Å². The van der Waals surface area contributed by atoms with E-state index in [1.807, 2.05) is 12.1 Å². The summed E-state index contributed by atoms with van der Waals surface area (Å²) in [6.45, 7) is 6.84. The van der Waals surface area contributed by atoms with Crippen molar-refractivity contribution in [3.63, 3.8) is 0 Å². The van der Waals surface area contributed by atoms with Crippen molar-refractivity contribution in [2.45, 2.75) is 26.3 Å². The van der Waals surface area contributed by atoms with E-state index in [1.54, 1.807) is 0 Å². The molecule has 0 bridgehead atoms. The molecule has 0 amide bonds. The molecule has 17 heavy (non-hydrogen) atoms. The lowest BCUT2D eigenvalue weighted by Gasteiger charge is -2.33. The highest BCUT2D eigenvalue weighted by Gasteiger charge is 2.26. The molecule has 0 spiro atoms. The van der Waals surface area contributed by atoms with Crippen LogP contribution >= 0.6 is 0 Å². The summed E-state index contributed by atoms with van der Waals surface area (Å²) >= 11 is 0. The Morgan fingerprint density at radius 2 is 2.24 bits per heavy atom. The number of nitrogens with one attached hydrogen (secondary N) is 1. The fourth-order valence-corrected chi connectivity index (χ4v) is 1.44. The zero-order chi connectivity index (χ0) is 12.5. The van der Waals surface area contributed by atoms with Gasteiger partial charge >= 0.3 is 0 Å². The molecule has 0 radical (unpaired) electrons. The Morgan fingerprint density at radius 1 is 1.47 bits per heavy atom. The van der Waals surface area contributed by atoms with Gasteiger partial charge in [0.15, 0.2) is 5.65 Å². The van der Waals surface area contributed by atoms with Crippen molar-refractivity contribution >= 4 is 11.5 Å². The molecular formula is C10H17N7. The van der Waals surface area contributed by atoms with Gasteiger partial charge in [-0.3, -0.25) is 0 Å². The van der Waals surface area contributed by atoms with E-state index >= 15 is 0 Å². The summed E-state index contributed by atoms with van der Waals surface area (Å²) in [7, 11) is 0. The topological polar surface area (TPSA) is 94.0 Å². The van der Waals surface area contributed by atoms with Gasteiger partial charge < -0.3 is 11.1 Å². The molecule has 0 aromatic carbocycles. The zero-order valence-corrected chi connectivity index (χ0v) is 10.3. The summed E-state index contributed by atoms with van der Waals surface area (Å²) in [6, 6.07) is 3.66. The minimum atomic E-state index is -0.200. The second-order valence-corrected chi connectivity index (χ2v) is 4.65. The van der Waals surface area contributed by atoms with Gasteiger partial charge in [0, 0.05) is 6.54 Å². The average molecular weight is 235 g/mol. The van der Waals surface area contributed by atoms with Crippen LogP contribution in [0.15, 0.2) is 12.1 Å².